The molecule has 1 unspecified atom stereocenters. The van der Waals surface area contributed by atoms with E-state index < -0.39 is 40.8 Å². The number of ether oxygens (including phenoxy) is 1. The maximum atomic E-state index is 14.0. The van der Waals surface area contributed by atoms with Gasteiger partial charge in [0.15, 0.2) is 0 Å². The second kappa shape index (κ2) is 19.8. The van der Waals surface area contributed by atoms with E-state index in [-0.39, 0.29) is 61.1 Å². The average Bonchev–Trinajstić information content (AvgIpc) is 3.91. The van der Waals surface area contributed by atoms with Crippen molar-refractivity contribution >= 4 is 35.2 Å². The molecule has 3 fully saturated rings. The van der Waals surface area contributed by atoms with Crippen molar-refractivity contribution in [3.8, 4) is 23.7 Å². The Bertz CT molecular complexity index is 2510. The number of nitrogens with one attached hydrogen (secondary N) is 2. The van der Waals surface area contributed by atoms with Crippen molar-refractivity contribution in [1.29, 1.82) is 5.26 Å². The van der Waals surface area contributed by atoms with Crippen LogP contribution in [0.4, 0.5) is 0 Å². The molecule has 0 radical (unpaired) electrons. The van der Waals surface area contributed by atoms with Gasteiger partial charge in [-0.05, 0) is 67.6 Å². The van der Waals surface area contributed by atoms with Crippen LogP contribution in [0, 0.1) is 52.8 Å². The van der Waals surface area contributed by atoms with E-state index in [1.807, 2.05) is 61.2 Å². The first kappa shape index (κ1) is 47.8. The lowest BCUT2D eigenvalue weighted by Crippen LogP contribution is -2.74. The van der Waals surface area contributed by atoms with Gasteiger partial charge in [-0.1, -0.05) is 100 Å². The normalized spacial score (nSPS) is 22.0. The van der Waals surface area contributed by atoms with Crippen LogP contribution in [0.5, 0.6) is 5.75 Å². The van der Waals surface area contributed by atoms with Crippen molar-refractivity contribution in [2.45, 2.75) is 110 Å². The van der Waals surface area contributed by atoms with Crippen LogP contribution in [-0.4, -0.2) is 87.6 Å². The molecule has 3 N–H and O–H groups in total. The summed E-state index contributed by atoms with van der Waals surface area (Å²) in [6.45, 7) is 14.9. The van der Waals surface area contributed by atoms with Crippen LogP contribution in [0.15, 0.2) is 83.4 Å². The maximum absolute atomic E-state index is 14.0. The van der Waals surface area contributed by atoms with Crippen LogP contribution >= 0.6 is 11.6 Å². The topological polar surface area (TPSA) is 178 Å². The number of likely N-dealkylation sites (tertiary alicyclic amines) is 2. The Balaban J connectivity index is 0.920. The predicted octanol–water partition coefficient (Wildman–Crippen LogP) is 7.36. The Hall–Kier alpha value is -6.15. The molecule has 3 aromatic carbocycles. The summed E-state index contributed by atoms with van der Waals surface area (Å²) in [5.74, 6) is 5.84. The molecule has 4 aromatic rings. The summed E-state index contributed by atoms with van der Waals surface area (Å²) in [4.78, 5) is 58.6. The van der Waals surface area contributed by atoms with Crippen molar-refractivity contribution in [1.82, 2.24) is 25.6 Å². The number of halogens is 1. The zero-order valence-electron chi connectivity index (χ0n) is 38.6. The number of β-amino-alcohol motifs (C(OH)–C–C–N with tert-alkyl or cyclic N) is 1. The lowest BCUT2D eigenvalue weighted by Gasteiger charge is -2.63. The van der Waals surface area contributed by atoms with E-state index in [1.165, 1.54) is 4.90 Å². The Morgan fingerprint density at radius 1 is 0.985 bits per heavy atom. The minimum Gasteiger partial charge on any atom is -0.489 e. The number of nitriles is 1. The molecule has 66 heavy (non-hydrogen) atoms. The van der Waals surface area contributed by atoms with Crippen molar-refractivity contribution in [2.24, 2.45) is 22.7 Å². The molecule has 3 heterocycles. The molecule has 346 valence electrons. The fraction of sp³-hybridized carbons (Fsp3) is 0.462. The summed E-state index contributed by atoms with van der Waals surface area (Å²) in [5.41, 5.74) is 2.31. The Morgan fingerprint density at radius 3 is 2.27 bits per heavy atom. The number of aliphatic hydroxyl groups excluding tert-OH is 1. The highest BCUT2D eigenvalue weighted by atomic mass is 35.5. The number of aryl methyl sites for hydroxylation is 1. The van der Waals surface area contributed by atoms with Gasteiger partial charge in [0, 0.05) is 72.1 Å². The first-order valence-corrected chi connectivity index (χ1v) is 23.1. The monoisotopic (exact) mass is 914 g/mol. The zero-order valence-corrected chi connectivity index (χ0v) is 39.4. The molecule has 13 nitrogen and oxygen atoms in total. The molecule has 0 spiro atoms. The molecule has 1 aromatic heterocycles. The molecule has 14 heteroatoms. The van der Waals surface area contributed by atoms with E-state index in [0.717, 1.165) is 11.1 Å². The van der Waals surface area contributed by atoms with Crippen LogP contribution in [-0.2, 0) is 14.4 Å². The highest BCUT2D eigenvalue weighted by Gasteiger charge is 2.64. The third-order valence-corrected chi connectivity index (χ3v) is 13.8. The zero-order chi connectivity index (χ0) is 47.5. The molecule has 1 aliphatic carbocycles. The van der Waals surface area contributed by atoms with Gasteiger partial charge in [0.05, 0.1) is 34.8 Å². The molecule has 1 saturated carbocycles. The van der Waals surface area contributed by atoms with Crippen LogP contribution in [0.3, 0.4) is 0 Å². The minimum absolute atomic E-state index is 0.0123. The third-order valence-electron chi connectivity index (χ3n) is 13.5. The SMILES string of the molecule is Cc1cc(C(C(=O)N2C[C@H](O)C[C@H]2C(=O)N[C@@H](CC(=O)N2CCC(C#Cc3ccc(C(=O)NC4C(C)(C)C(Oc5ccc(C#N)c(Cl)c5)C4(C)C)cc3)CC2)c2ccccc2)C(C)C)on1. The molecule has 2 aliphatic heterocycles. The third kappa shape index (κ3) is 10.3. The van der Waals surface area contributed by atoms with Gasteiger partial charge >= 0.3 is 0 Å². The number of aliphatic hydroxyl groups is 1. The van der Waals surface area contributed by atoms with E-state index in [9.17, 15) is 29.5 Å². The number of hydrogen-bond acceptors (Lipinski definition) is 9. The van der Waals surface area contributed by atoms with Gasteiger partial charge in [0.25, 0.3) is 5.91 Å². The van der Waals surface area contributed by atoms with Gasteiger partial charge in [0.2, 0.25) is 17.7 Å². The molecule has 3 aliphatic rings. The van der Waals surface area contributed by atoms with Crippen molar-refractivity contribution in [3.05, 3.63) is 118 Å². The maximum Gasteiger partial charge on any atom is 0.251 e. The van der Waals surface area contributed by atoms with E-state index in [1.54, 1.807) is 43.3 Å². The number of piperidine rings is 1. The largest absolute Gasteiger partial charge is 0.489 e. The van der Waals surface area contributed by atoms with E-state index >= 15 is 0 Å². The summed E-state index contributed by atoms with van der Waals surface area (Å²) in [6, 6.07) is 23.6. The Kier molecular flexibility index (Phi) is 14.3. The van der Waals surface area contributed by atoms with Crippen molar-refractivity contribution < 1.29 is 33.5 Å². The van der Waals surface area contributed by atoms with Gasteiger partial charge < -0.3 is 34.8 Å². The molecule has 0 bridgehead atoms. The molecule has 7 rings (SSSR count). The number of hydrogen-bond donors (Lipinski definition) is 3. The second-order valence-electron chi connectivity index (χ2n) is 19.5. The van der Waals surface area contributed by atoms with Crippen LogP contribution < -0.4 is 15.4 Å². The number of carbonyl (C=O) groups is 4. The molecule has 4 atom stereocenters. The summed E-state index contributed by atoms with van der Waals surface area (Å²) in [7, 11) is 0. The summed E-state index contributed by atoms with van der Waals surface area (Å²) >= 11 is 6.25. The van der Waals surface area contributed by atoms with E-state index in [4.69, 9.17) is 20.9 Å². The second-order valence-corrected chi connectivity index (χ2v) is 19.9. The van der Waals surface area contributed by atoms with E-state index in [0.29, 0.717) is 59.3 Å². The molecule has 4 amide bonds. The number of rotatable bonds is 12. The molecular weight excluding hydrogens is 856 g/mol. The smallest absolute Gasteiger partial charge is 0.251 e. The van der Waals surface area contributed by atoms with Crippen molar-refractivity contribution in [3.63, 3.8) is 0 Å². The first-order valence-electron chi connectivity index (χ1n) is 22.7. The van der Waals surface area contributed by atoms with Crippen LogP contribution in [0.2, 0.25) is 5.02 Å². The highest BCUT2D eigenvalue weighted by Crippen LogP contribution is 2.55. The average molecular weight is 916 g/mol. The lowest BCUT2D eigenvalue weighted by atomic mass is 9.49. The number of amides is 4. The summed E-state index contributed by atoms with van der Waals surface area (Å²) < 4.78 is 11.8. The van der Waals surface area contributed by atoms with Crippen LogP contribution in [0.25, 0.3) is 0 Å². The first-order chi connectivity index (χ1) is 31.4. The lowest BCUT2D eigenvalue weighted by molar-refractivity contribution is -0.164. The minimum atomic E-state index is -0.925. The summed E-state index contributed by atoms with van der Waals surface area (Å²) in [5, 5.41) is 30.5. The van der Waals surface area contributed by atoms with Gasteiger partial charge in [-0.25, -0.2) is 0 Å². The van der Waals surface area contributed by atoms with E-state index in [2.05, 4.69) is 61.4 Å². The number of benzene rings is 3. The summed E-state index contributed by atoms with van der Waals surface area (Å²) in [6.07, 6.45) is 0.394. The molecule has 2 saturated heterocycles. The van der Waals surface area contributed by atoms with Gasteiger partial charge in [-0.2, -0.15) is 5.26 Å². The Labute approximate surface area is 392 Å². The fourth-order valence-corrected chi connectivity index (χ4v) is 10.4. The Morgan fingerprint density at radius 2 is 1.67 bits per heavy atom. The number of nitrogens with zero attached hydrogens (tertiary/aromatic N) is 4. The number of aromatic nitrogens is 1. The fourth-order valence-electron chi connectivity index (χ4n) is 10.2. The standard InChI is InChI=1S/C52H59ClN6O7/c1-31(2)45(43-25-32(3)57-66-43)48(64)59-30-38(60)26-42(59)47(63)55-41(35-11-9-8-10-12-35)28-44(61)58-23-21-34(22-24-58)14-13-33-15-17-36(18-16-33)46(62)56-49-51(4,5)50(52(49,6)7)65-39-20-19-37(29-54)40(53)27-39/h8-12,15-20,25,27,31,34,38,41-42,45,49-50,60H,21-24,26,28,30H2,1-7H3,(H,55,63)(H,56,62)/t38-,41+,42+,45?,49?,50?/m1/s1. The van der Waals surface area contributed by atoms with Gasteiger partial charge in [-0.3, -0.25) is 19.2 Å². The highest BCUT2D eigenvalue weighted by molar-refractivity contribution is 6.31. The van der Waals surface area contributed by atoms with Crippen molar-refractivity contribution in [2.75, 3.05) is 19.6 Å². The number of carbonyl (C=O) groups excluding carboxylic acids is 4. The quantitative estimate of drug-likeness (QED) is 0.123. The van der Waals surface area contributed by atoms with Gasteiger partial charge in [0.1, 0.15) is 35.6 Å². The predicted molar refractivity (Wildman–Crippen MR) is 249 cm³/mol. The van der Waals surface area contributed by atoms with Gasteiger partial charge in [-0.15, -0.1) is 0 Å². The van der Waals surface area contributed by atoms with Crippen LogP contribution in [0.1, 0.15) is 118 Å². The molecular formula is C52H59ClN6O7.